The van der Waals surface area contributed by atoms with Crippen LogP contribution in [0.5, 0.6) is 0 Å². The molecule has 2 amide bonds. The minimum Gasteiger partial charge on any atom is -0.465 e. The van der Waals surface area contributed by atoms with Crippen LogP contribution in [0.25, 0.3) is 0 Å². The molecule has 1 aromatic heterocycles. The van der Waals surface area contributed by atoms with E-state index in [1.54, 1.807) is 29.2 Å². The third kappa shape index (κ3) is 5.83. The first-order valence-corrected chi connectivity index (χ1v) is 11.0. The number of aromatic nitrogens is 1. The minimum absolute atomic E-state index is 0.358. The lowest BCUT2D eigenvalue weighted by Crippen LogP contribution is -2.43. The van der Waals surface area contributed by atoms with Gasteiger partial charge in [-0.15, -0.1) is 11.3 Å². The minimum atomic E-state index is -1.27. The summed E-state index contributed by atoms with van der Waals surface area (Å²) in [4.78, 5) is 31.2. The molecule has 3 rings (SSSR count). The largest absolute Gasteiger partial charge is 0.465 e. The van der Waals surface area contributed by atoms with E-state index in [0.717, 1.165) is 21.3 Å². The molecule has 8 heteroatoms. The van der Waals surface area contributed by atoms with Crippen molar-refractivity contribution in [2.24, 2.45) is 0 Å². The fraction of sp³-hybridized carbons (Fsp3) is 0.261. The highest BCUT2D eigenvalue weighted by molar-refractivity contribution is 7.16. The van der Waals surface area contributed by atoms with E-state index in [9.17, 15) is 14.7 Å². The standard InChI is InChI=1S/C23H24ClN3O3S/c1-14-4-6-17(7-5-14)12-13-27(22-15(2)25-16(3)31-22)21(28)20(26-23(29)30)18-8-10-19(24)11-9-18/h4-11,20,26H,12-13H2,1-3H3,(H,29,30). The number of nitrogens with zero attached hydrogens (tertiary/aromatic N) is 2. The van der Waals surface area contributed by atoms with E-state index in [-0.39, 0.29) is 5.91 Å². The Bertz CT molecular complexity index is 1060. The molecule has 0 spiro atoms. The van der Waals surface area contributed by atoms with Crippen molar-refractivity contribution >= 4 is 39.9 Å². The molecule has 2 aromatic carbocycles. The molecule has 0 bridgehead atoms. The highest BCUT2D eigenvalue weighted by atomic mass is 35.5. The van der Waals surface area contributed by atoms with Crippen LogP contribution < -0.4 is 10.2 Å². The average Bonchev–Trinajstić information content (AvgIpc) is 3.06. The van der Waals surface area contributed by atoms with Crippen LogP contribution in [0.2, 0.25) is 5.02 Å². The summed E-state index contributed by atoms with van der Waals surface area (Å²) >= 11 is 7.39. The maximum absolute atomic E-state index is 13.6. The summed E-state index contributed by atoms with van der Waals surface area (Å²) in [6.07, 6.45) is -0.646. The van der Waals surface area contributed by atoms with Crippen LogP contribution >= 0.6 is 22.9 Å². The van der Waals surface area contributed by atoms with Crippen molar-refractivity contribution in [2.75, 3.05) is 11.4 Å². The van der Waals surface area contributed by atoms with Crippen LogP contribution in [0.1, 0.15) is 33.4 Å². The molecule has 0 aliphatic carbocycles. The van der Waals surface area contributed by atoms with Gasteiger partial charge in [0.25, 0.3) is 5.91 Å². The molecule has 1 heterocycles. The molecule has 0 saturated heterocycles. The predicted molar refractivity (Wildman–Crippen MR) is 124 cm³/mol. The van der Waals surface area contributed by atoms with E-state index in [1.807, 2.05) is 45.0 Å². The maximum Gasteiger partial charge on any atom is 0.405 e. The van der Waals surface area contributed by atoms with Crippen molar-refractivity contribution in [1.29, 1.82) is 0 Å². The van der Waals surface area contributed by atoms with Crippen LogP contribution in [0, 0.1) is 20.8 Å². The highest BCUT2D eigenvalue weighted by Crippen LogP contribution is 2.31. The molecule has 0 aliphatic rings. The van der Waals surface area contributed by atoms with Crippen LogP contribution in [-0.4, -0.2) is 28.6 Å². The summed E-state index contributed by atoms with van der Waals surface area (Å²) in [6, 6.07) is 13.7. The van der Waals surface area contributed by atoms with Crippen LogP contribution in [0.4, 0.5) is 9.80 Å². The number of rotatable bonds is 7. The van der Waals surface area contributed by atoms with Crippen molar-refractivity contribution in [3.8, 4) is 0 Å². The summed E-state index contributed by atoms with van der Waals surface area (Å²) in [5, 5.41) is 13.8. The lowest BCUT2D eigenvalue weighted by atomic mass is 10.0. The molecule has 2 N–H and O–H groups in total. The number of aryl methyl sites for hydroxylation is 3. The first-order valence-electron chi connectivity index (χ1n) is 9.80. The van der Waals surface area contributed by atoms with Gasteiger partial charge in [-0.3, -0.25) is 9.69 Å². The van der Waals surface area contributed by atoms with Crippen LogP contribution in [-0.2, 0) is 11.2 Å². The second-order valence-electron chi connectivity index (χ2n) is 7.28. The van der Waals surface area contributed by atoms with Gasteiger partial charge in [-0.1, -0.05) is 53.6 Å². The summed E-state index contributed by atoms with van der Waals surface area (Å²) in [5.41, 5.74) is 3.52. The molecule has 1 atom stereocenters. The molecule has 0 saturated carbocycles. The first-order chi connectivity index (χ1) is 14.7. The maximum atomic E-state index is 13.6. The van der Waals surface area contributed by atoms with Gasteiger partial charge in [-0.2, -0.15) is 0 Å². The third-order valence-corrected chi connectivity index (χ3v) is 6.20. The smallest absolute Gasteiger partial charge is 0.405 e. The van der Waals surface area contributed by atoms with Crippen molar-refractivity contribution < 1.29 is 14.7 Å². The number of carbonyl (C=O) groups excluding carboxylic acids is 1. The number of nitrogens with one attached hydrogen (secondary N) is 1. The summed E-state index contributed by atoms with van der Waals surface area (Å²) < 4.78 is 0. The van der Waals surface area contributed by atoms with Crippen LogP contribution in [0.3, 0.4) is 0 Å². The van der Waals surface area contributed by atoms with E-state index in [2.05, 4.69) is 10.3 Å². The van der Waals surface area contributed by atoms with Crippen molar-refractivity contribution in [3.63, 3.8) is 0 Å². The van der Waals surface area contributed by atoms with Gasteiger partial charge in [0, 0.05) is 11.6 Å². The van der Waals surface area contributed by atoms with Gasteiger partial charge in [-0.05, 0) is 50.5 Å². The Hall–Kier alpha value is -2.90. The number of thiazole rings is 1. The number of amides is 2. The van der Waals surface area contributed by atoms with Gasteiger partial charge in [0.05, 0.1) is 10.7 Å². The lowest BCUT2D eigenvalue weighted by molar-refractivity contribution is -0.120. The molecule has 6 nitrogen and oxygen atoms in total. The summed E-state index contributed by atoms with van der Waals surface area (Å²) in [7, 11) is 0. The zero-order chi connectivity index (χ0) is 22.5. The van der Waals surface area contributed by atoms with Gasteiger partial charge in [0.2, 0.25) is 0 Å². The van der Waals surface area contributed by atoms with Gasteiger partial charge >= 0.3 is 6.09 Å². The Labute approximate surface area is 190 Å². The second kappa shape index (κ2) is 9.94. The van der Waals surface area contributed by atoms with Crippen LogP contribution in [0.15, 0.2) is 48.5 Å². The topological polar surface area (TPSA) is 82.5 Å². The summed E-state index contributed by atoms with van der Waals surface area (Å²) in [6.45, 7) is 6.16. The van der Waals surface area contributed by atoms with E-state index >= 15 is 0 Å². The second-order valence-corrected chi connectivity index (χ2v) is 8.90. The Balaban J connectivity index is 1.95. The number of carbonyl (C=O) groups is 2. The first kappa shape index (κ1) is 22.8. The fourth-order valence-electron chi connectivity index (χ4n) is 3.30. The van der Waals surface area contributed by atoms with E-state index in [1.165, 1.54) is 16.9 Å². The molecule has 162 valence electrons. The molecule has 3 aromatic rings. The molecular weight excluding hydrogens is 434 g/mol. The number of anilines is 1. The monoisotopic (exact) mass is 457 g/mol. The molecule has 0 fully saturated rings. The normalized spacial score (nSPS) is 11.7. The van der Waals surface area contributed by atoms with E-state index in [4.69, 9.17) is 11.6 Å². The zero-order valence-corrected chi connectivity index (χ0v) is 19.1. The van der Waals surface area contributed by atoms with Gasteiger partial charge < -0.3 is 10.4 Å². The molecule has 1 unspecified atom stereocenters. The van der Waals surface area contributed by atoms with E-state index in [0.29, 0.717) is 23.6 Å². The van der Waals surface area contributed by atoms with Crippen molar-refractivity contribution in [1.82, 2.24) is 10.3 Å². The average molecular weight is 458 g/mol. The predicted octanol–water partition coefficient (Wildman–Crippen LogP) is 5.31. The van der Waals surface area contributed by atoms with Crippen molar-refractivity contribution in [3.05, 3.63) is 80.9 Å². The molecular formula is C23H24ClN3O3S. The molecule has 0 aliphatic heterocycles. The van der Waals surface area contributed by atoms with Gasteiger partial charge in [-0.25, -0.2) is 9.78 Å². The number of hydrogen-bond donors (Lipinski definition) is 2. The third-order valence-electron chi connectivity index (χ3n) is 4.85. The Morgan fingerprint density at radius 2 is 1.74 bits per heavy atom. The Morgan fingerprint density at radius 1 is 1.10 bits per heavy atom. The molecule has 31 heavy (non-hydrogen) atoms. The number of benzene rings is 2. The van der Waals surface area contributed by atoms with Gasteiger partial charge in [0.15, 0.2) is 0 Å². The Kier molecular flexibility index (Phi) is 7.30. The lowest BCUT2D eigenvalue weighted by Gasteiger charge is -2.27. The Morgan fingerprint density at radius 3 is 2.29 bits per heavy atom. The molecule has 0 radical (unpaired) electrons. The van der Waals surface area contributed by atoms with Gasteiger partial charge in [0.1, 0.15) is 11.0 Å². The SMILES string of the molecule is Cc1ccc(CCN(C(=O)C(NC(=O)O)c2ccc(Cl)cc2)c2sc(C)nc2C)cc1. The van der Waals surface area contributed by atoms with Crippen molar-refractivity contribution in [2.45, 2.75) is 33.2 Å². The van der Waals surface area contributed by atoms with E-state index < -0.39 is 12.1 Å². The fourth-order valence-corrected chi connectivity index (χ4v) is 4.37. The number of hydrogen-bond acceptors (Lipinski definition) is 4. The quantitative estimate of drug-likeness (QED) is 0.504. The number of carboxylic acid groups (broad SMARTS) is 1. The number of halogens is 1. The zero-order valence-electron chi connectivity index (χ0n) is 17.6. The highest BCUT2D eigenvalue weighted by Gasteiger charge is 2.30. The summed E-state index contributed by atoms with van der Waals surface area (Å²) in [5.74, 6) is -0.358.